The molecule has 1 aliphatic heterocycles. The number of hydrogen-bond acceptors (Lipinski definition) is 7. The summed E-state index contributed by atoms with van der Waals surface area (Å²) in [6.45, 7) is 7.26. The largest absolute Gasteiger partial charge is 0.490 e. The Hall–Kier alpha value is -4.57. The number of carbonyl (C=O) groups excluding carboxylic acids is 4. The highest BCUT2D eigenvalue weighted by Crippen LogP contribution is 2.35. The topological polar surface area (TPSA) is 114 Å². The maximum atomic E-state index is 13.0. The lowest BCUT2D eigenvalue weighted by Crippen LogP contribution is -2.36. The van der Waals surface area contributed by atoms with Gasteiger partial charge in [-0.2, -0.15) is 0 Å². The summed E-state index contributed by atoms with van der Waals surface area (Å²) in [4.78, 5) is 51.7. The minimum absolute atomic E-state index is 0.184. The van der Waals surface area contributed by atoms with Gasteiger partial charge in [0.05, 0.1) is 11.5 Å². The number of nitrogens with zero attached hydrogens (tertiary/aromatic N) is 1. The number of carbonyl (C=O) groups is 4. The molecule has 41 heavy (non-hydrogen) atoms. The SMILES string of the molecule is CCOc1cc(/C=C2\SC(=O)N(CC(=O)Nc3c(C)cccc3C)C2=O)ccc1OCC(=O)Nc1ccc(C)cc1. The van der Waals surface area contributed by atoms with Crippen LogP contribution in [0, 0.1) is 20.8 Å². The van der Waals surface area contributed by atoms with Crippen molar-refractivity contribution >= 4 is 52.2 Å². The van der Waals surface area contributed by atoms with Gasteiger partial charge >= 0.3 is 0 Å². The molecular formula is C31H31N3O6S. The third-order valence-corrected chi connectivity index (χ3v) is 7.09. The molecule has 1 saturated heterocycles. The summed E-state index contributed by atoms with van der Waals surface area (Å²) in [5.41, 5.74) is 4.79. The second kappa shape index (κ2) is 13.2. The lowest BCUT2D eigenvalue weighted by atomic mass is 10.1. The third kappa shape index (κ3) is 7.55. The van der Waals surface area contributed by atoms with Gasteiger partial charge in [0.1, 0.15) is 6.54 Å². The number of ether oxygens (including phenoxy) is 2. The van der Waals surface area contributed by atoms with E-state index >= 15 is 0 Å². The highest BCUT2D eigenvalue weighted by Gasteiger charge is 2.36. The minimum Gasteiger partial charge on any atom is -0.490 e. The first kappa shape index (κ1) is 29.4. The average molecular weight is 574 g/mol. The molecule has 1 aliphatic rings. The van der Waals surface area contributed by atoms with E-state index in [1.165, 1.54) is 0 Å². The van der Waals surface area contributed by atoms with E-state index in [1.54, 1.807) is 24.3 Å². The second-order valence-corrected chi connectivity index (χ2v) is 10.4. The fourth-order valence-electron chi connectivity index (χ4n) is 4.10. The van der Waals surface area contributed by atoms with Crippen LogP contribution in [0.4, 0.5) is 16.2 Å². The van der Waals surface area contributed by atoms with Crippen LogP contribution in [0.3, 0.4) is 0 Å². The normalized spacial score (nSPS) is 13.9. The van der Waals surface area contributed by atoms with Crippen molar-refractivity contribution in [2.24, 2.45) is 0 Å². The number of nitrogens with one attached hydrogen (secondary N) is 2. The number of hydrogen-bond donors (Lipinski definition) is 2. The van der Waals surface area contributed by atoms with Crippen LogP contribution in [0.5, 0.6) is 11.5 Å². The van der Waals surface area contributed by atoms with Crippen LogP contribution in [-0.4, -0.2) is 47.6 Å². The number of thioether (sulfide) groups is 1. The van der Waals surface area contributed by atoms with Crippen LogP contribution in [0.1, 0.15) is 29.2 Å². The number of anilines is 2. The maximum Gasteiger partial charge on any atom is 0.294 e. The highest BCUT2D eigenvalue weighted by molar-refractivity contribution is 8.18. The molecule has 0 aliphatic carbocycles. The maximum absolute atomic E-state index is 13.0. The molecule has 1 fully saturated rings. The molecule has 9 nitrogen and oxygen atoms in total. The van der Waals surface area contributed by atoms with Crippen molar-refractivity contribution in [2.75, 3.05) is 30.4 Å². The summed E-state index contributed by atoms with van der Waals surface area (Å²) < 4.78 is 11.4. The van der Waals surface area contributed by atoms with Gasteiger partial charge in [-0.3, -0.25) is 24.1 Å². The molecule has 3 aromatic rings. The zero-order valence-corrected chi connectivity index (χ0v) is 24.1. The molecule has 1 heterocycles. The Bertz CT molecular complexity index is 1500. The van der Waals surface area contributed by atoms with Crippen molar-refractivity contribution in [3.05, 3.63) is 87.8 Å². The smallest absolute Gasteiger partial charge is 0.294 e. The van der Waals surface area contributed by atoms with E-state index in [-0.39, 0.29) is 17.4 Å². The Morgan fingerprint density at radius 3 is 2.27 bits per heavy atom. The monoisotopic (exact) mass is 573 g/mol. The van der Waals surface area contributed by atoms with Crippen LogP contribution >= 0.6 is 11.8 Å². The van der Waals surface area contributed by atoms with Gasteiger partial charge in [-0.1, -0.05) is 42.0 Å². The van der Waals surface area contributed by atoms with E-state index in [2.05, 4.69) is 10.6 Å². The van der Waals surface area contributed by atoms with Crippen molar-refractivity contribution < 1.29 is 28.7 Å². The minimum atomic E-state index is -0.553. The van der Waals surface area contributed by atoms with Crippen LogP contribution in [0.2, 0.25) is 0 Å². The van der Waals surface area contributed by atoms with Crippen molar-refractivity contribution in [3.63, 3.8) is 0 Å². The highest BCUT2D eigenvalue weighted by atomic mass is 32.2. The summed E-state index contributed by atoms with van der Waals surface area (Å²) in [5, 5.41) is 5.05. The number of aryl methyl sites for hydroxylation is 3. The number of rotatable bonds is 10. The van der Waals surface area contributed by atoms with Gasteiger partial charge in [0, 0.05) is 11.4 Å². The summed E-state index contributed by atoms with van der Waals surface area (Å²) in [6, 6.07) is 18.1. The van der Waals surface area contributed by atoms with E-state index in [0.29, 0.717) is 35.0 Å². The molecule has 4 amide bonds. The molecule has 4 rings (SSSR count). The van der Waals surface area contributed by atoms with Crippen LogP contribution in [0.15, 0.2) is 65.6 Å². The lowest BCUT2D eigenvalue weighted by molar-refractivity contribution is -0.127. The van der Waals surface area contributed by atoms with E-state index < -0.39 is 23.6 Å². The Morgan fingerprint density at radius 2 is 1.59 bits per heavy atom. The zero-order valence-electron chi connectivity index (χ0n) is 23.3. The molecule has 212 valence electrons. The van der Waals surface area contributed by atoms with Crippen LogP contribution < -0.4 is 20.1 Å². The molecule has 0 spiro atoms. The lowest BCUT2D eigenvalue weighted by Gasteiger charge is -2.15. The number of imide groups is 1. The summed E-state index contributed by atoms with van der Waals surface area (Å²) in [7, 11) is 0. The second-order valence-electron chi connectivity index (χ2n) is 9.42. The summed E-state index contributed by atoms with van der Waals surface area (Å²) in [5.74, 6) is -0.591. The van der Waals surface area contributed by atoms with Crippen molar-refractivity contribution in [1.82, 2.24) is 4.90 Å². The number of amides is 4. The zero-order chi connectivity index (χ0) is 29.5. The average Bonchev–Trinajstić information content (AvgIpc) is 3.19. The van der Waals surface area contributed by atoms with Gasteiger partial charge in [-0.15, -0.1) is 0 Å². The predicted octanol–water partition coefficient (Wildman–Crippen LogP) is 5.70. The molecule has 2 N–H and O–H groups in total. The van der Waals surface area contributed by atoms with Crippen molar-refractivity contribution in [3.8, 4) is 11.5 Å². The van der Waals surface area contributed by atoms with Crippen molar-refractivity contribution in [1.29, 1.82) is 0 Å². The molecule has 0 bridgehead atoms. The molecule has 0 aromatic heterocycles. The predicted molar refractivity (Wildman–Crippen MR) is 160 cm³/mol. The number of benzene rings is 3. The summed E-state index contributed by atoms with van der Waals surface area (Å²) >= 11 is 0.764. The molecule has 10 heteroatoms. The first-order chi connectivity index (χ1) is 19.6. The molecule has 0 unspecified atom stereocenters. The van der Waals surface area contributed by atoms with Crippen molar-refractivity contribution in [2.45, 2.75) is 27.7 Å². The Kier molecular flexibility index (Phi) is 9.46. The third-order valence-electron chi connectivity index (χ3n) is 6.18. The first-order valence-corrected chi connectivity index (χ1v) is 13.8. The van der Waals surface area contributed by atoms with Gasteiger partial charge in [-0.25, -0.2) is 0 Å². The van der Waals surface area contributed by atoms with E-state index in [4.69, 9.17) is 9.47 Å². The molecular weight excluding hydrogens is 542 g/mol. The van der Waals surface area contributed by atoms with Gasteiger partial charge in [0.2, 0.25) is 5.91 Å². The molecule has 0 saturated carbocycles. The van der Waals surface area contributed by atoms with E-state index in [0.717, 1.165) is 33.4 Å². The summed E-state index contributed by atoms with van der Waals surface area (Å²) in [6.07, 6.45) is 1.56. The molecule has 3 aromatic carbocycles. The van der Waals surface area contributed by atoms with Gasteiger partial charge in [0.25, 0.3) is 17.1 Å². The van der Waals surface area contributed by atoms with E-state index in [9.17, 15) is 19.2 Å². The first-order valence-electron chi connectivity index (χ1n) is 13.0. The number of para-hydroxylation sites is 1. The standard InChI is InChI=1S/C31H31N3O6S/c1-5-39-25-15-22(11-14-24(25)40-18-28(36)32-23-12-9-19(2)10-13-23)16-26-30(37)34(31(38)41-26)17-27(35)33-29-20(3)7-6-8-21(29)4/h6-16H,5,17-18H2,1-4H3,(H,32,36)(H,33,35)/b26-16-. The van der Waals surface area contributed by atoms with E-state index in [1.807, 2.05) is 70.2 Å². The Balaban J connectivity index is 1.41. The molecule has 0 radical (unpaired) electrons. The van der Waals surface area contributed by atoms with Gasteiger partial charge in [0.15, 0.2) is 18.1 Å². The Labute approximate surface area is 242 Å². The van der Waals surface area contributed by atoms with Gasteiger partial charge in [-0.05, 0) is 86.5 Å². The molecule has 0 atom stereocenters. The quantitative estimate of drug-likeness (QED) is 0.299. The van der Waals surface area contributed by atoms with Crippen LogP contribution in [0.25, 0.3) is 6.08 Å². The fourth-order valence-corrected chi connectivity index (χ4v) is 4.94. The van der Waals surface area contributed by atoms with Gasteiger partial charge < -0.3 is 20.1 Å². The Morgan fingerprint density at radius 1 is 0.878 bits per heavy atom. The fraction of sp³-hybridized carbons (Fsp3) is 0.226. The van der Waals surface area contributed by atoms with Crippen LogP contribution in [-0.2, 0) is 14.4 Å².